The van der Waals surface area contributed by atoms with Crippen LogP contribution in [0.4, 0.5) is 4.39 Å². The summed E-state index contributed by atoms with van der Waals surface area (Å²) in [5.74, 6) is 0.937. The van der Waals surface area contributed by atoms with Gasteiger partial charge in [-0.05, 0) is 43.3 Å². The molecule has 0 aliphatic carbocycles. The second-order valence-corrected chi connectivity index (χ2v) is 4.28. The van der Waals surface area contributed by atoms with Crippen molar-refractivity contribution in [3.63, 3.8) is 0 Å². The summed E-state index contributed by atoms with van der Waals surface area (Å²) in [5.41, 5.74) is 0.871. The molecule has 0 radical (unpaired) electrons. The van der Waals surface area contributed by atoms with E-state index in [1.807, 2.05) is 12.1 Å². The molecule has 0 aliphatic heterocycles. The Hall–Kier alpha value is -2.12. The molecule has 0 atom stereocenters. The van der Waals surface area contributed by atoms with Gasteiger partial charge < -0.3 is 9.73 Å². The fourth-order valence-electron chi connectivity index (χ4n) is 1.81. The van der Waals surface area contributed by atoms with Gasteiger partial charge in [0.15, 0.2) is 0 Å². The van der Waals surface area contributed by atoms with Gasteiger partial charge in [0.1, 0.15) is 17.3 Å². The molecule has 19 heavy (non-hydrogen) atoms. The number of rotatable bonds is 5. The summed E-state index contributed by atoms with van der Waals surface area (Å²) in [4.78, 5) is 0. The predicted octanol–water partition coefficient (Wildman–Crippen LogP) is 3.46. The van der Waals surface area contributed by atoms with Crippen LogP contribution in [0, 0.1) is 17.1 Å². The zero-order valence-corrected chi connectivity index (χ0v) is 10.7. The number of nitrogens with zero attached hydrogens (tertiary/aromatic N) is 1. The summed E-state index contributed by atoms with van der Waals surface area (Å²) < 4.78 is 19.0. The van der Waals surface area contributed by atoms with Crippen molar-refractivity contribution in [2.24, 2.45) is 0 Å². The number of nitrogens with one attached hydrogen (secondary N) is 1. The first-order chi connectivity index (χ1) is 9.22. The van der Waals surface area contributed by atoms with Crippen molar-refractivity contribution in [2.45, 2.75) is 19.9 Å². The molecule has 2 aromatic rings. The van der Waals surface area contributed by atoms with E-state index in [-0.39, 0.29) is 5.56 Å². The zero-order chi connectivity index (χ0) is 13.7. The Kier molecular flexibility index (Phi) is 4.32. The van der Waals surface area contributed by atoms with Gasteiger partial charge in [0.05, 0.1) is 18.2 Å². The lowest BCUT2D eigenvalue weighted by Crippen LogP contribution is -2.12. The number of benzene rings is 1. The van der Waals surface area contributed by atoms with E-state index in [4.69, 9.17) is 9.68 Å². The monoisotopic (exact) mass is 258 g/mol. The largest absolute Gasteiger partial charge is 0.460 e. The smallest absolute Gasteiger partial charge is 0.134 e. The van der Waals surface area contributed by atoms with Gasteiger partial charge in [0, 0.05) is 5.56 Å². The van der Waals surface area contributed by atoms with Gasteiger partial charge in [0.2, 0.25) is 0 Å². The fourth-order valence-corrected chi connectivity index (χ4v) is 1.81. The molecule has 3 nitrogen and oxygen atoms in total. The molecular weight excluding hydrogens is 243 g/mol. The minimum Gasteiger partial charge on any atom is -0.460 e. The molecule has 0 fully saturated rings. The molecule has 98 valence electrons. The third-order valence-electron chi connectivity index (χ3n) is 2.70. The van der Waals surface area contributed by atoms with E-state index in [9.17, 15) is 4.39 Å². The third kappa shape index (κ3) is 3.43. The number of furan rings is 1. The quantitative estimate of drug-likeness (QED) is 0.835. The highest BCUT2D eigenvalue weighted by Gasteiger charge is 2.07. The summed E-state index contributed by atoms with van der Waals surface area (Å²) in [6.07, 6.45) is 1.06. The number of halogens is 1. The minimum atomic E-state index is -0.434. The van der Waals surface area contributed by atoms with Gasteiger partial charge in [-0.2, -0.15) is 5.26 Å². The normalized spacial score (nSPS) is 10.4. The maximum Gasteiger partial charge on any atom is 0.134 e. The average molecular weight is 258 g/mol. The second-order valence-electron chi connectivity index (χ2n) is 4.28. The Bertz CT molecular complexity index is 598. The van der Waals surface area contributed by atoms with Crippen LogP contribution < -0.4 is 5.32 Å². The van der Waals surface area contributed by atoms with E-state index in [0.717, 1.165) is 18.7 Å². The highest BCUT2D eigenvalue weighted by Crippen LogP contribution is 2.24. The van der Waals surface area contributed by atoms with E-state index in [1.54, 1.807) is 12.1 Å². The molecule has 0 spiro atoms. The molecule has 0 bridgehead atoms. The Balaban J connectivity index is 2.18. The van der Waals surface area contributed by atoms with Gasteiger partial charge >= 0.3 is 0 Å². The van der Waals surface area contributed by atoms with E-state index >= 15 is 0 Å². The molecule has 0 saturated carbocycles. The SMILES string of the molecule is CCCNCc1ccc(-c2cc(F)cc(C#N)c2)o1. The average Bonchev–Trinajstić information content (AvgIpc) is 2.87. The Morgan fingerprint density at radius 1 is 1.32 bits per heavy atom. The molecule has 1 N–H and O–H groups in total. The zero-order valence-electron chi connectivity index (χ0n) is 10.7. The lowest BCUT2D eigenvalue weighted by Gasteiger charge is -2.01. The maximum absolute atomic E-state index is 13.4. The Morgan fingerprint density at radius 3 is 2.89 bits per heavy atom. The van der Waals surface area contributed by atoms with E-state index in [2.05, 4.69) is 12.2 Å². The lowest BCUT2D eigenvalue weighted by atomic mass is 10.1. The first-order valence-electron chi connectivity index (χ1n) is 6.23. The van der Waals surface area contributed by atoms with Gasteiger partial charge in [-0.1, -0.05) is 6.92 Å². The summed E-state index contributed by atoms with van der Waals surface area (Å²) in [5, 5.41) is 12.1. The molecule has 4 heteroatoms. The van der Waals surface area contributed by atoms with Gasteiger partial charge in [0.25, 0.3) is 0 Å². The number of hydrogen-bond donors (Lipinski definition) is 1. The molecule has 1 aromatic carbocycles. The highest BCUT2D eigenvalue weighted by molar-refractivity contribution is 5.60. The van der Waals surface area contributed by atoms with Crippen molar-refractivity contribution in [1.82, 2.24) is 5.32 Å². The second kappa shape index (κ2) is 6.17. The van der Waals surface area contributed by atoms with Crippen LogP contribution in [0.1, 0.15) is 24.7 Å². The van der Waals surface area contributed by atoms with E-state index < -0.39 is 5.82 Å². The Labute approximate surface area is 111 Å². The molecule has 0 amide bonds. The fraction of sp³-hybridized carbons (Fsp3) is 0.267. The standard InChI is InChI=1S/C15H15FN2O/c1-2-5-18-10-14-3-4-15(19-14)12-6-11(9-17)7-13(16)8-12/h3-4,6-8,18H,2,5,10H2,1H3. The van der Waals surface area contributed by atoms with Crippen LogP contribution in [0.25, 0.3) is 11.3 Å². The molecule has 1 aromatic heterocycles. The number of hydrogen-bond acceptors (Lipinski definition) is 3. The van der Waals surface area contributed by atoms with Crippen LogP contribution in [0.5, 0.6) is 0 Å². The molecular formula is C15H15FN2O. The van der Waals surface area contributed by atoms with Crippen molar-refractivity contribution < 1.29 is 8.81 Å². The van der Waals surface area contributed by atoms with Crippen LogP contribution in [0.3, 0.4) is 0 Å². The van der Waals surface area contributed by atoms with Crippen molar-refractivity contribution in [2.75, 3.05) is 6.54 Å². The van der Waals surface area contributed by atoms with Crippen LogP contribution in [-0.4, -0.2) is 6.54 Å². The predicted molar refractivity (Wildman–Crippen MR) is 70.8 cm³/mol. The first kappa shape index (κ1) is 13.3. The highest BCUT2D eigenvalue weighted by atomic mass is 19.1. The van der Waals surface area contributed by atoms with E-state index in [0.29, 0.717) is 17.9 Å². The maximum atomic E-state index is 13.4. The van der Waals surface area contributed by atoms with Gasteiger partial charge in [-0.3, -0.25) is 0 Å². The minimum absolute atomic E-state index is 0.289. The number of nitriles is 1. The van der Waals surface area contributed by atoms with Gasteiger partial charge in [-0.25, -0.2) is 4.39 Å². The topological polar surface area (TPSA) is 49.0 Å². The van der Waals surface area contributed by atoms with Crippen molar-refractivity contribution in [3.05, 3.63) is 47.5 Å². The van der Waals surface area contributed by atoms with Crippen LogP contribution in [0.15, 0.2) is 34.7 Å². The van der Waals surface area contributed by atoms with Gasteiger partial charge in [-0.15, -0.1) is 0 Å². The molecule has 0 saturated heterocycles. The first-order valence-corrected chi connectivity index (χ1v) is 6.23. The molecule has 0 unspecified atom stereocenters. The van der Waals surface area contributed by atoms with Crippen LogP contribution in [0.2, 0.25) is 0 Å². The summed E-state index contributed by atoms with van der Waals surface area (Å²) in [6, 6.07) is 9.76. The molecule has 2 rings (SSSR count). The van der Waals surface area contributed by atoms with Crippen LogP contribution in [-0.2, 0) is 6.54 Å². The van der Waals surface area contributed by atoms with Crippen molar-refractivity contribution in [1.29, 1.82) is 5.26 Å². The summed E-state index contributed by atoms with van der Waals surface area (Å²) >= 11 is 0. The summed E-state index contributed by atoms with van der Waals surface area (Å²) in [7, 11) is 0. The van der Waals surface area contributed by atoms with Crippen molar-refractivity contribution >= 4 is 0 Å². The summed E-state index contributed by atoms with van der Waals surface area (Å²) in [6.45, 7) is 3.67. The third-order valence-corrected chi connectivity index (χ3v) is 2.70. The lowest BCUT2D eigenvalue weighted by molar-refractivity contribution is 0.493. The molecule has 0 aliphatic rings. The van der Waals surface area contributed by atoms with Crippen molar-refractivity contribution in [3.8, 4) is 17.4 Å². The molecule has 1 heterocycles. The van der Waals surface area contributed by atoms with E-state index in [1.165, 1.54) is 12.1 Å². The van der Waals surface area contributed by atoms with Crippen LogP contribution >= 0.6 is 0 Å². The Morgan fingerprint density at radius 2 is 2.16 bits per heavy atom.